The van der Waals surface area contributed by atoms with Gasteiger partial charge < -0.3 is 9.64 Å². The summed E-state index contributed by atoms with van der Waals surface area (Å²) in [6, 6.07) is 0. The van der Waals surface area contributed by atoms with Gasteiger partial charge in [0.25, 0.3) is 0 Å². The molecule has 0 amide bonds. The summed E-state index contributed by atoms with van der Waals surface area (Å²) < 4.78 is 8.02. The van der Waals surface area contributed by atoms with Gasteiger partial charge in [-0.3, -0.25) is 4.31 Å². The Morgan fingerprint density at radius 3 is 2.30 bits per heavy atom. The molecule has 0 unspecified atom stereocenters. The van der Waals surface area contributed by atoms with E-state index in [-0.39, 0.29) is 0 Å². The number of piperidine rings is 2. The van der Waals surface area contributed by atoms with E-state index < -0.39 is 0 Å². The van der Waals surface area contributed by atoms with Crippen LogP contribution in [0.5, 0.6) is 0 Å². The van der Waals surface area contributed by atoms with Crippen LogP contribution in [0.4, 0.5) is 0 Å². The molecule has 0 aromatic rings. The fourth-order valence-corrected chi connectivity index (χ4v) is 3.60. The summed E-state index contributed by atoms with van der Waals surface area (Å²) in [7, 11) is 0. The van der Waals surface area contributed by atoms with E-state index >= 15 is 0 Å². The van der Waals surface area contributed by atoms with E-state index in [0.717, 1.165) is 50.6 Å². The first-order valence-electron chi connectivity index (χ1n) is 8.39. The Balaban J connectivity index is 1.49. The van der Waals surface area contributed by atoms with E-state index in [2.05, 4.69) is 35.9 Å². The average molecular weight is 301 g/mol. The number of rotatable bonds is 6. The van der Waals surface area contributed by atoms with E-state index in [9.17, 15) is 0 Å². The Hall–Kier alpha value is 0.230. The van der Waals surface area contributed by atoms with Crippen molar-refractivity contribution in [3.63, 3.8) is 0 Å². The topological polar surface area (TPSA) is 15.7 Å². The standard InChI is InChI=1S/C16H32N2OS/c1-14(2)16-5-7-17(8-6-16)11-12-19-13-15-3-9-18(20)10-4-15/h14-16,20H,3-13H2,1-2H3. The predicted molar refractivity (Wildman–Crippen MR) is 88.1 cm³/mol. The molecule has 0 saturated carbocycles. The molecule has 0 atom stereocenters. The maximum Gasteiger partial charge on any atom is 0.0593 e. The second-order valence-corrected chi connectivity index (χ2v) is 7.46. The van der Waals surface area contributed by atoms with Gasteiger partial charge in [0.05, 0.1) is 6.61 Å². The molecule has 20 heavy (non-hydrogen) atoms. The summed E-state index contributed by atoms with van der Waals surface area (Å²) >= 11 is 4.39. The maximum atomic E-state index is 5.90. The van der Waals surface area contributed by atoms with Crippen molar-refractivity contribution in [2.45, 2.75) is 39.5 Å². The average Bonchev–Trinajstić information content (AvgIpc) is 2.46. The van der Waals surface area contributed by atoms with Gasteiger partial charge in [0, 0.05) is 26.2 Å². The molecule has 0 aromatic heterocycles. The molecule has 2 aliphatic heterocycles. The Kier molecular flexibility index (Phi) is 7.15. The van der Waals surface area contributed by atoms with Gasteiger partial charge in [-0.2, -0.15) is 0 Å². The van der Waals surface area contributed by atoms with Crippen LogP contribution in [0.1, 0.15) is 39.5 Å². The fourth-order valence-electron chi connectivity index (χ4n) is 3.37. The number of ether oxygens (including phenoxy) is 1. The highest BCUT2D eigenvalue weighted by Crippen LogP contribution is 2.24. The molecule has 0 bridgehead atoms. The molecule has 0 aliphatic carbocycles. The minimum Gasteiger partial charge on any atom is -0.380 e. The first kappa shape index (κ1) is 16.6. The van der Waals surface area contributed by atoms with Gasteiger partial charge in [-0.15, -0.1) is 0 Å². The van der Waals surface area contributed by atoms with Gasteiger partial charge in [-0.1, -0.05) is 26.7 Å². The Morgan fingerprint density at radius 1 is 1.05 bits per heavy atom. The first-order chi connectivity index (χ1) is 9.65. The fraction of sp³-hybridized carbons (Fsp3) is 1.00. The van der Waals surface area contributed by atoms with Crippen LogP contribution in [-0.4, -0.2) is 55.1 Å². The summed E-state index contributed by atoms with van der Waals surface area (Å²) in [5.41, 5.74) is 0. The lowest BCUT2D eigenvalue weighted by atomic mass is 9.87. The molecule has 118 valence electrons. The van der Waals surface area contributed by atoms with Crippen LogP contribution in [0.3, 0.4) is 0 Å². The summed E-state index contributed by atoms with van der Waals surface area (Å²) in [6.45, 7) is 12.5. The normalized spacial score (nSPS) is 24.6. The second-order valence-electron chi connectivity index (χ2n) is 6.90. The highest BCUT2D eigenvalue weighted by atomic mass is 32.1. The molecule has 2 rings (SSSR count). The van der Waals surface area contributed by atoms with Crippen molar-refractivity contribution < 1.29 is 4.74 Å². The molecule has 0 N–H and O–H groups in total. The van der Waals surface area contributed by atoms with Crippen LogP contribution < -0.4 is 0 Å². The quantitative estimate of drug-likeness (QED) is 0.600. The number of hydrogen-bond donors (Lipinski definition) is 1. The van der Waals surface area contributed by atoms with E-state index in [0.29, 0.717) is 0 Å². The Morgan fingerprint density at radius 2 is 1.70 bits per heavy atom. The smallest absolute Gasteiger partial charge is 0.0593 e. The maximum absolute atomic E-state index is 5.90. The van der Waals surface area contributed by atoms with Crippen LogP contribution in [0.25, 0.3) is 0 Å². The number of thiol groups is 1. The molecule has 2 fully saturated rings. The van der Waals surface area contributed by atoms with Crippen molar-refractivity contribution in [1.29, 1.82) is 0 Å². The monoisotopic (exact) mass is 300 g/mol. The van der Waals surface area contributed by atoms with Crippen LogP contribution in [-0.2, 0) is 4.74 Å². The third-order valence-electron chi connectivity index (χ3n) is 5.07. The van der Waals surface area contributed by atoms with Crippen molar-refractivity contribution in [1.82, 2.24) is 9.21 Å². The molecule has 4 heteroatoms. The van der Waals surface area contributed by atoms with Gasteiger partial charge in [0.15, 0.2) is 0 Å². The third kappa shape index (κ3) is 5.55. The lowest BCUT2D eigenvalue weighted by molar-refractivity contribution is 0.0534. The van der Waals surface area contributed by atoms with Crippen molar-refractivity contribution in [2.24, 2.45) is 17.8 Å². The van der Waals surface area contributed by atoms with E-state index in [1.807, 2.05) is 0 Å². The number of nitrogens with zero attached hydrogens (tertiary/aromatic N) is 2. The van der Waals surface area contributed by atoms with Gasteiger partial charge in [0.2, 0.25) is 0 Å². The molecule has 0 radical (unpaired) electrons. The van der Waals surface area contributed by atoms with Crippen molar-refractivity contribution >= 4 is 12.8 Å². The number of likely N-dealkylation sites (tertiary alicyclic amines) is 1. The Bertz CT molecular complexity index is 259. The van der Waals surface area contributed by atoms with Crippen molar-refractivity contribution in [3.8, 4) is 0 Å². The lowest BCUT2D eigenvalue weighted by Crippen LogP contribution is -2.37. The third-order valence-corrected chi connectivity index (χ3v) is 5.47. The SMILES string of the molecule is CC(C)C1CCN(CCOCC2CCN(S)CC2)CC1. The van der Waals surface area contributed by atoms with Crippen molar-refractivity contribution in [2.75, 3.05) is 45.9 Å². The van der Waals surface area contributed by atoms with Gasteiger partial charge in [-0.05, 0) is 56.5 Å². The zero-order valence-electron chi connectivity index (χ0n) is 13.3. The highest BCUT2D eigenvalue weighted by Gasteiger charge is 2.21. The minimum atomic E-state index is 0.755. The van der Waals surface area contributed by atoms with Crippen molar-refractivity contribution in [3.05, 3.63) is 0 Å². The molecular formula is C16H32N2OS. The molecule has 2 heterocycles. The van der Waals surface area contributed by atoms with Crippen LogP contribution in [0.2, 0.25) is 0 Å². The highest BCUT2D eigenvalue weighted by molar-refractivity contribution is 7.77. The molecule has 2 aliphatic rings. The van der Waals surface area contributed by atoms with Crippen LogP contribution in [0, 0.1) is 17.8 Å². The molecule has 0 spiro atoms. The largest absolute Gasteiger partial charge is 0.380 e. The molecule has 2 saturated heterocycles. The zero-order chi connectivity index (χ0) is 14.4. The van der Waals surface area contributed by atoms with Crippen LogP contribution >= 0.6 is 12.8 Å². The summed E-state index contributed by atoms with van der Waals surface area (Å²) in [5.74, 6) is 2.55. The molecule has 3 nitrogen and oxygen atoms in total. The van der Waals surface area contributed by atoms with Gasteiger partial charge >= 0.3 is 0 Å². The Labute approximate surface area is 130 Å². The van der Waals surface area contributed by atoms with E-state index in [4.69, 9.17) is 4.74 Å². The summed E-state index contributed by atoms with van der Waals surface area (Å²) in [5, 5.41) is 0. The minimum absolute atomic E-state index is 0.755. The van der Waals surface area contributed by atoms with E-state index in [1.165, 1.54) is 38.8 Å². The molecular weight excluding hydrogens is 268 g/mol. The summed E-state index contributed by atoms with van der Waals surface area (Å²) in [6.07, 6.45) is 5.22. The first-order valence-corrected chi connectivity index (χ1v) is 8.79. The molecule has 0 aromatic carbocycles. The second kappa shape index (κ2) is 8.62. The lowest BCUT2D eigenvalue weighted by Gasteiger charge is -2.34. The number of hydrogen-bond acceptors (Lipinski definition) is 4. The predicted octanol–water partition coefficient (Wildman–Crippen LogP) is 2.93. The van der Waals surface area contributed by atoms with Crippen LogP contribution in [0.15, 0.2) is 0 Å². The van der Waals surface area contributed by atoms with Gasteiger partial charge in [-0.25, -0.2) is 0 Å². The van der Waals surface area contributed by atoms with E-state index in [1.54, 1.807) is 0 Å². The van der Waals surface area contributed by atoms with Gasteiger partial charge in [0.1, 0.15) is 0 Å². The zero-order valence-corrected chi connectivity index (χ0v) is 14.2. The summed E-state index contributed by atoms with van der Waals surface area (Å²) in [4.78, 5) is 2.58.